The van der Waals surface area contributed by atoms with Gasteiger partial charge in [0.05, 0.1) is 23.8 Å². The summed E-state index contributed by atoms with van der Waals surface area (Å²) in [6.45, 7) is 3.25. The van der Waals surface area contributed by atoms with E-state index in [1.54, 1.807) is 5.41 Å². The van der Waals surface area contributed by atoms with E-state index in [4.69, 9.17) is 4.74 Å². The molecule has 1 unspecified atom stereocenters. The monoisotopic (exact) mass is 326 g/mol. The Morgan fingerprint density at radius 3 is 2.61 bits per heavy atom. The number of morpholine rings is 1. The van der Waals surface area contributed by atoms with Gasteiger partial charge in [0.2, 0.25) is 0 Å². The average Bonchev–Trinajstić information content (AvgIpc) is 2.62. The second kappa shape index (κ2) is 5.83. The van der Waals surface area contributed by atoms with E-state index >= 15 is 0 Å². The molecular weight excluding hydrogens is 308 g/mol. The third-order valence-electron chi connectivity index (χ3n) is 4.14. The normalized spacial score (nSPS) is 23.2. The van der Waals surface area contributed by atoms with E-state index in [9.17, 15) is 4.21 Å². The molecule has 0 amide bonds. The van der Waals surface area contributed by atoms with Crippen molar-refractivity contribution in [2.75, 3.05) is 31.2 Å². The fraction of sp³-hybridized carbons (Fsp3) is 0.222. The van der Waals surface area contributed by atoms with Crippen LogP contribution in [-0.4, -0.2) is 30.5 Å². The van der Waals surface area contributed by atoms with Crippen molar-refractivity contribution in [3.05, 3.63) is 59.5 Å². The number of nitrogens with zero attached hydrogens (tertiary/aromatic N) is 2. The topological polar surface area (TPSA) is 41.9 Å². The van der Waals surface area contributed by atoms with E-state index in [0.717, 1.165) is 48.1 Å². The minimum absolute atomic E-state index is 0.745. The predicted molar refractivity (Wildman–Crippen MR) is 93.4 cm³/mol. The first-order valence-electron chi connectivity index (χ1n) is 7.72. The molecule has 0 N–H and O–H groups in total. The summed E-state index contributed by atoms with van der Waals surface area (Å²) in [6.07, 6.45) is 1.92. The highest BCUT2D eigenvalue weighted by Crippen LogP contribution is 2.34. The highest BCUT2D eigenvalue weighted by molar-refractivity contribution is 7.96. The van der Waals surface area contributed by atoms with Crippen LogP contribution in [0.25, 0.3) is 6.08 Å². The zero-order chi connectivity index (χ0) is 15.7. The van der Waals surface area contributed by atoms with Gasteiger partial charge in [-0.3, -0.25) is 0 Å². The number of fused-ring (bicyclic) bond motifs is 1. The first kappa shape index (κ1) is 14.5. The van der Waals surface area contributed by atoms with Crippen LogP contribution < -0.4 is 4.90 Å². The Kier molecular flexibility index (Phi) is 3.67. The molecule has 0 bridgehead atoms. The van der Waals surface area contributed by atoms with Crippen molar-refractivity contribution in [2.45, 2.75) is 4.90 Å². The van der Waals surface area contributed by atoms with Crippen molar-refractivity contribution in [3.8, 4) is 0 Å². The molecule has 4 rings (SSSR count). The van der Waals surface area contributed by atoms with Crippen LogP contribution in [0.5, 0.6) is 0 Å². The zero-order valence-electron chi connectivity index (χ0n) is 12.7. The van der Waals surface area contributed by atoms with Crippen LogP contribution in [0.15, 0.2) is 63.2 Å². The number of benzene rings is 2. The van der Waals surface area contributed by atoms with Gasteiger partial charge in [0, 0.05) is 29.7 Å². The molecular formula is C18H18N2O2S. The standard InChI is InChI=1S/C18H18N2O2S/c21-23(17-4-2-1-3-5-17)13-8-15-6-7-16(14-18(15)19-23)20-9-11-22-12-10-20/h1-8,13-14H,9-12H2. The van der Waals surface area contributed by atoms with Crippen LogP contribution in [0.2, 0.25) is 0 Å². The fourth-order valence-corrected chi connectivity index (χ4v) is 4.51. The first-order chi connectivity index (χ1) is 11.2. The highest BCUT2D eigenvalue weighted by atomic mass is 32.2. The van der Waals surface area contributed by atoms with E-state index in [2.05, 4.69) is 15.3 Å². The average molecular weight is 326 g/mol. The molecule has 1 atom stereocenters. The lowest BCUT2D eigenvalue weighted by Crippen LogP contribution is -2.36. The fourth-order valence-electron chi connectivity index (χ4n) is 2.86. The van der Waals surface area contributed by atoms with Gasteiger partial charge in [-0.25, -0.2) is 4.21 Å². The van der Waals surface area contributed by atoms with Gasteiger partial charge in [0.1, 0.15) is 9.73 Å². The summed E-state index contributed by atoms with van der Waals surface area (Å²) in [5.74, 6) is 0. The Hall–Kier alpha value is -2.11. The molecule has 0 aliphatic carbocycles. The minimum Gasteiger partial charge on any atom is -0.378 e. The van der Waals surface area contributed by atoms with E-state index in [0.29, 0.717) is 0 Å². The molecule has 0 spiro atoms. The number of ether oxygens (including phenoxy) is 1. The molecule has 1 saturated heterocycles. The second-order valence-corrected chi connectivity index (χ2v) is 7.68. The van der Waals surface area contributed by atoms with E-state index in [-0.39, 0.29) is 0 Å². The maximum Gasteiger partial charge on any atom is 0.102 e. The molecule has 1 fully saturated rings. The Morgan fingerprint density at radius 2 is 1.83 bits per heavy atom. The Morgan fingerprint density at radius 1 is 1.04 bits per heavy atom. The predicted octanol–water partition coefficient (Wildman–Crippen LogP) is 3.67. The summed E-state index contributed by atoms with van der Waals surface area (Å²) in [5.41, 5.74) is 2.92. The molecule has 0 radical (unpaired) electrons. The third-order valence-corrected chi connectivity index (χ3v) is 6.06. The summed E-state index contributed by atoms with van der Waals surface area (Å²) in [7, 11) is -2.53. The Balaban J connectivity index is 1.76. The second-order valence-electron chi connectivity index (χ2n) is 5.62. The van der Waals surface area contributed by atoms with E-state index in [1.807, 2.05) is 48.5 Å². The van der Waals surface area contributed by atoms with Crippen molar-refractivity contribution < 1.29 is 8.95 Å². The van der Waals surface area contributed by atoms with Gasteiger partial charge in [0.15, 0.2) is 0 Å². The van der Waals surface area contributed by atoms with Gasteiger partial charge in [-0.15, -0.1) is 0 Å². The quantitative estimate of drug-likeness (QED) is 0.845. The zero-order valence-corrected chi connectivity index (χ0v) is 13.5. The van der Waals surface area contributed by atoms with Crippen molar-refractivity contribution in [1.29, 1.82) is 0 Å². The molecule has 2 aromatic rings. The van der Waals surface area contributed by atoms with Gasteiger partial charge in [0.25, 0.3) is 0 Å². The van der Waals surface area contributed by atoms with Crippen LogP contribution in [0.1, 0.15) is 5.56 Å². The summed E-state index contributed by atoms with van der Waals surface area (Å²) >= 11 is 0. The van der Waals surface area contributed by atoms with Gasteiger partial charge >= 0.3 is 0 Å². The smallest absolute Gasteiger partial charge is 0.102 e. The molecule has 2 aromatic carbocycles. The van der Waals surface area contributed by atoms with E-state index < -0.39 is 9.73 Å². The molecule has 4 nitrogen and oxygen atoms in total. The summed E-state index contributed by atoms with van der Waals surface area (Å²) < 4.78 is 23.2. The lowest BCUT2D eigenvalue weighted by Gasteiger charge is -2.29. The van der Waals surface area contributed by atoms with Crippen LogP contribution >= 0.6 is 0 Å². The molecule has 118 valence electrons. The lowest BCUT2D eigenvalue weighted by atomic mass is 10.1. The van der Waals surface area contributed by atoms with Crippen molar-refractivity contribution in [2.24, 2.45) is 4.36 Å². The largest absolute Gasteiger partial charge is 0.378 e. The van der Waals surface area contributed by atoms with Gasteiger partial charge in [-0.1, -0.05) is 24.3 Å². The molecule has 2 aliphatic rings. The SMILES string of the molecule is O=S1(c2ccccc2)=Nc2cc(N3CCOCC3)ccc2C=C1. The number of hydrogen-bond donors (Lipinski definition) is 0. The Labute approximate surface area is 136 Å². The number of rotatable bonds is 2. The number of hydrogen-bond acceptors (Lipinski definition) is 4. The molecule has 0 aromatic heterocycles. The van der Waals surface area contributed by atoms with Crippen molar-refractivity contribution in [1.82, 2.24) is 0 Å². The van der Waals surface area contributed by atoms with E-state index in [1.165, 1.54) is 0 Å². The minimum atomic E-state index is -2.53. The Bertz CT molecular complexity index is 862. The van der Waals surface area contributed by atoms with Crippen molar-refractivity contribution >= 4 is 27.2 Å². The molecule has 5 heteroatoms. The van der Waals surface area contributed by atoms with Gasteiger partial charge in [-0.2, -0.15) is 4.36 Å². The van der Waals surface area contributed by atoms with Gasteiger partial charge < -0.3 is 9.64 Å². The number of anilines is 1. The molecule has 23 heavy (non-hydrogen) atoms. The molecule has 2 aliphatic heterocycles. The van der Waals surface area contributed by atoms with Crippen LogP contribution in [0.4, 0.5) is 11.4 Å². The summed E-state index contributed by atoms with van der Waals surface area (Å²) in [4.78, 5) is 3.03. The lowest BCUT2D eigenvalue weighted by molar-refractivity contribution is 0.122. The van der Waals surface area contributed by atoms with Crippen molar-refractivity contribution in [3.63, 3.8) is 0 Å². The first-order valence-corrected chi connectivity index (χ1v) is 9.29. The maximum atomic E-state index is 13.2. The third kappa shape index (κ3) is 2.78. The summed E-state index contributed by atoms with van der Waals surface area (Å²) in [6, 6.07) is 15.6. The van der Waals surface area contributed by atoms with Gasteiger partial charge in [-0.05, 0) is 30.3 Å². The maximum absolute atomic E-state index is 13.2. The van der Waals surface area contributed by atoms with Crippen LogP contribution in [0.3, 0.4) is 0 Å². The van der Waals surface area contributed by atoms with Crippen LogP contribution in [0, 0.1) is 0 Å². The molecule has 2 heterocycles. The molecule has 0 saturated carbocycles. The summed E-state index contributed by atoms with van der Waals surface area (Å²) in [5, 5.41) is 1.72. The van der Waals surface area contributed by atoms with Crippen LogP contribution in [-0.2, 0) is 14.5 Å². The highest BCUT2D eigenvalue weighted by Gasteiger charge is 2.17.